The topological polar surface area (TPSA) is 94.3 Å². The third-order valence-electron chi connectivity index (χ3n) is 4.31. The summed E-state index contributed by atoms with van der Waals surface area (Å²) in [6, 6.07) is 16.0. The number of tetrazole rings is 1. The molecule has 130 valence electrons. The highest BCUT2D eigenvalue weighted by Crippen LogP contribution is 2.29. The number of rotatable bonds is 4. The quantitative estimate of drug-likeness (QED) is 0.607. The molecule has 2 heterocycles. The van der Waals surface area contributed by atoms with Gasteiger partial charge in [-0.25, -0.2) is 9.48 Å². The molecule has 0 unspecified atom stereocenters. The number of aromatic amines is 1. The van der Waals surface area contributed by atoms with Gasteiger partial charge in [-0.2, -0.15) is 10.3 Å². The van der Waals surface area contributed by atoms with E-state index < -0.39 is 0 Å². The molecule has 0 aliphatic heterocycles. The average Bonchev–Trinajstić information content (AvgIpc) is 3.27. The fraction of sp³-hybridized carbons (Fsp3) is 0.167. The van der Waals surface area contributed by atoms with Gasteiger partial charge in [-0.15, -0.1) is 10.2 Å². The minimum absolute atomic E-state index is 0.117. The zero-order chi connectivity index (χ0) is 18.1. The highest BCUT2D eigenvalue weighted by Gasteiger charge is 2.11. The van der Waals surface area contributed by atoms with E-state index in [2.05, 4.69) is 25.7 Å². The van der Waals surface area contributed by atoms with E-state index in [1.165, 1.54) is 4.68 Å². The zero-order valence-electron chi connectivity index (χ0n) is 14.4. The summed E-state index contributed by atoms with van der Waals surface area (Å²) in [5, 5.41) is 18.4. The number of nitrogens with one attached hydrogen (secondary N) is 1. The van der Waals surface area contributed by atoms with Gasteiger partial charge in [-0.1, -0.05) is 48.5 Å². The molecule has 0 aliphatic carbocycles. The fourth-order valence-corrected chi connectivity index (χ4v) is 2.99. The Bertz CT molecular complexity index is 1090. The summed E-state index contributed by atoms with van der Waals surface area (Å²) < 4.78 is 3.01. The number of H-pyrrole nitrogens is 1. The predicted octanol–water partition coefficient (Wildman–Crippen LogP) is 1.79. The van der Waals surface area contributed by atoms with Gasteiger partial charge in [0.15, 0.2) is 0 Å². The monoisotopic (exact) mass is 347 g/mol. The zero-order valence-corrected chi connectivity index (χ0v) is 14.4. The van der Waals surface area contributed by atoms with Crippen LogP contribution in [0.1, 0.15) is 11.4 Å². The first-order valence-electron chi connectivity index (χ1n) is 8.16. The van der Waals surface area contributed by atoms with E-state index in [9.17, 15) is 4.79 Å². The van der Waals surface area contributed by atoms with Gasteiger partial charge >= 0.3 is 5.69 Å². The molecule has 0 saturated carbocycles. The lowest BCUT2D eigenvalue weighted by Gasteiger charge is -2.08. The van der Waals surface area contributed by atoms with Crippen molar-refractivity contribution in [3.8, 4) is 22.5 Å². The second-order valence-corrected chi connectivity index (χ2v) is 6.02. The summed E-state index contributed by atoms with van der Waals surface area (Å²) >= 11 is 0. The molecule has 4 aromatic rings. The Morgan fingerprint density at radius 2 is 1.77 bits per heavy atom. The second kappa shape index (κ2) is 6.40. The van der Waals surface area contributed by atoms with Crippen LogP contribution in [0.2, 0.25) is 0 Å². The van der Waals surface area contributed by atoms with Crippen LogP contribution in [-0.2, 0) is 13.6 Å². The highest BCUT2D eigenvalue weighted by atomic mass is 16.2. The van der Waals surface area contributed by atoms with Crippen molar-refractivity contribution in [2.45, 2.75) is 13.5 Å². The second-order valence-electron chi connectivity index (χ2n) is 6.02. The number of benzene rings is 2. The molecule has 0 aliphatic rings. The molecule has 2 aromatic heterocycles. The molecule has 0 amide bonds. The summed E-state index contributed by atoms with van der Waals surface area (Å²) in [6.45, 7) is 2.32. The van der Waals surface area contributed by atoms with Gasteiger partial charge in [-0.3, -0.25) is 4.57 Å². The molecule has 8 nitrogen and oxygen atoms in total. The van der Waals surface area contributed by atoms with Gasteiger partial charge < -0.3 is 0 Å². The minimum Gasteiger partial charge on any atom is -0.275 e. The lowest BCUT2D eigenvalue weighted by atomic mass is 9.98. The van der Waals surface area contributed by atoms with Crippen molar-refractivity contribution in [3.05, 3.63) is 70.4 Å². The minimum atomic E-state index is -0.117. The number of aromatic nitrogens is 7. The number of nitrogens with zero attached hydrogens (tertiary/aromatic N) is 6. The Kier molecular flexibility index (Phi) is 3.92. The van der Waals surface area contributed by atoms with Crippen LogP contribution < -0.4 is 5.69 Å². The number of aryl methyl sites for hydroxylation is 2. The van der Waals surface area contributed by atoms with Gasteiger partial charge in [0.05, 0.1) is 6.54 Å². The van der Waals surface area contributed by atoms with Crippen LogP contribution >= 0.6 is 0 Å². The van der Waals surface area contributed by atoms with Crippen LogP contribution in [0.15, 0.2) is 53.3 Å². The third-order valence-corrected chi connectivity index (χ3v) is 4.31. The molecule has 8 heteroatoms. The molecule has 4 rings (SSSR count). The van der Waals surface area contributed by atoms with Gasteiger partial charge in [0.25, 0.3) is 0 Å². The van der Waals surface area contributed by atoms with E-state index in [0.29, 0.717) is 18.2 Å². The van der Waals surface area contributed by atoms with Crippen LogP contribution in [-0.4, -0.2) is 35.0 Å². The lowest BCUT2D eigenvalue weighted by Crippen LogP contribution is -2.23. The Hall–Kier alpha value is -3.55. The number of hydrogen-bond donors (Lipinski definition) is 1. The molecular weight excluding hydrogens is 330 g/mol. The Morgan fingerprint density at radius 3 is 2.38 bits per heavy atom. The maximum Gasteiger partial charge on any atom is 0.345 e. The van der Waals surface area contributed by atoms with Crippen molar-refractivity contribution >= 4 is 0 Å². The van der Waals surface area contributed by atoms with E-state index in [1.54, 1.807) is 11.6 Å². The Morgan fingerprint density at radius 1 is 1.04 bits per heavy atom. The largest absolute Gasteiger partial charge is 0.345 e. The summed E-state index contributed by atoms with van der Waals surface area (Å²) in [4.78, 5) is 12.1. The van der Waals surface area contributed by atoms with Crippen LogP contribution in [0.5, 0.6) is 0 Å². The van der Waals surface area contributed by atoms with E-state index in [-0.39, 0.29) is 5.69 Å². The summed E-state index contributed by atoms with van der Waals surface area (Å²) in [7, 11) is 1.66. The van der Waals surface area contributed by atoms with Gasteiger partial charge in [-0.05, 0) is 28.8 Å². The summed E-state index contributed by atoms with van der Waals surface area (Å²) in [5.41, 5.74) is 3.89. The fourth-order valence-electron chi connectivity index (χ4n) is 2.99. The van der Waals surface area contributed by atoms with Crippen LogP contribution in [0.4, 0.5) is 0 Å². The molecule has 26 heavy (non-hydrogen) atoms. The van der Waals surface area contributed by atoms with Gasteiger partial charge in [0, 0.05) is 12.6 Å². The standard InChI is InChI=1S/C18H17N7O/c1-12-21-24(2)18(26)25(12)11-13-7-9-14(10-8-13)15-5-3-4-6-16(15)17-19-22-23-20-17/h3-10H,11H2,1-2H3,(H,19,20,22,23). The van der Waals surface area contributed by atoms with Gasteiger partial charge in [0.1, 0.15) is 5.82 Å². The first-order chi connectivity index (χ1) is 12.6. The van der Waals surface area contributed by atoms with Crippen molar-refractivity contribution in [2.24, 2.45) is 7.05 Å². The van der Waals surface area contributed by atoms with Gasteiger partial charge in [0.2, 0.25) is 5.82 Å². The van der Waals surface area contributed by atoms with Crippen LogP contribution in [0.3, 0.4) is 0 Å². The smallest absolute Gasteiger partial charge is 0.275 e. The Balaban J connectivity index is 1.66. The molecular formula is C18H17N7O. The first-order valence-corrected chi connectivity index (χ1v) is 8.16. The lowest BCUT2D eigenvalue weighted by molar-refractivity contribution is 0.690. The molecule has 0 bridgehead atoms. The normalized spacial score (nSPS) is 11.0. The predicted molar refractivity (Wildman–Crippen MR) is 96.4 cm³/mol. The van der Waals surface area contributed by atoms with Crippen LogP contribution in [0, 0.1) is 6.92 Å². The molecule has 0 radical (unpaired) electrons. The van der Waals surface area contributed by atoms with E-state index in [1.807, 2.05) is 55.5 Å². The van der Waals surface area contributed by atoms with Crippen LogP contribution in [0.25, 0.3) is 22.5 Å². The number of hydrogen-bond acceptors (Lipinski definition) is 5. The average molecular weight is 347 g/mol. The SMILES string of the molecule is Cc1nn(C)c(=O)n1Cc1ccc(-c2ccccc2-c2nn[nH]n2)cc1. The molecule has 0 saturated heterocycles. The Labute approximate surface area is 149 Å². The molecule has 2 aromatic carbocycles. The molecule has 0 fully saturated rings. The van der Waals surface area contributed by atoms with E-state index >= 15 is 0 Å². The molecule has 0 atom stereocenters. The van der Waals surface area contributed by atoms with Crippen molar-refractivity contribution in [2.75, 3.05) is 0 Å². The van der Waals surface area contributed by atoms with Crippen molar-refractivity contribution in [3.63, 3.8) is 0 Å². The molecule has 0 spiro atoms. The highest BCUT2D eigenvalue weighted by molar-refractivity contribution is 5.80. The van der Waals surface area contributed by atoms with Crippen molar-refractivity contribution < 1.29 is 0 Å². The van der Waals surface area contributed by atoms with E-state index in [4.69, 9.17) is 0 Å². The summed E-state index contributed by atoms with van der Waals surface area (Å²) in [6.07, 6.45) is 0. The third kappa shape index (κ3) is 2.81. The molecule has 1 N–H and O–H groups in total. The maximum atomic E-state index is 12.1. The summed E-state index contributed by atoms with van der Waals surface area (Å²) in [5.74, 6) is 1.26. The maximum absolute atomic E-state index is 12.1. The van der Waals surface area contributed by atoms with Crippen molar-refractivity contribution in [1.82, 2.24) is 35.0 Å². The first kappa shape index (κ1) is 15.9. The van der Waals surface area contributed by atoms with E-state index in [0.717, 1.165) is 22.3 Å². The van der Waals surface area contributed by atoms with Crippen molar-refractivity contribution in [1.29, 1.82) is 0 Å².